The standard InChI is InChI=1S/C20H23N9O/c1-20(22)8-3-2-7-16(20)27-19-23-12-15(17(21)30)18(28-19)26-13-5-4-6-14(11-13)29-24-9-10-25-29/h4-6,9-12H,2-3,7-8,22H2,1H3,(H2,21,30)(H,23,26,28)/t20-/m0/s1. The van der Waals surface area contributed by atoms with Crippen molar-refractivity contribution >= 4 is 29.1 Å². The highest BCUT2D eigenvalue weighted by Gasteiger charge is 2.29. The summed E-state index contributed by atoms with van der Waals surface area (Å²) in [5, 5.41) is 11.4. The van der Waals surface area contributed by atoms with Crippen molar-refractivity contribution in [3.05, 3.63) is 48.4 Å². The number of aromatic nitrogens is 5. The zero-order valence-corrected chi connectivity index (χ0v) is 16.6. The monoisotopic (exact) mass is 405 g/mol. The van der Waals surface area contributed by atoms with E-state index in [1.165, 1.54) is 11.0 Å². The summed E-state index contributed by atoms with van der Waals surface area (Å²) in [6.45, 7) is 1.97. The van der Waals surface area contributed by atoms with Gasteiger partial charge in [0.2, 0.25) is 0 Å². The van der Waals surface area contributed by atoms with Crippen LogP contribution in [0.15, 0.2) is 47.8 Å². The number of hydrogen-bond donors (Lipinski definition) is 3. The second-order valence-electron chi connectivity index (χ2n) is 7.47. The molecule has 0 spiro atoms. The summed E-state index contributed by atoms with van der Waals surface area (Å²) in [7, 11) is 0. The van der Waals surface area contributed by atoms with E-state index in [0.29, 0.717) is 5.69 Å². The van der Waals surface area contributed by atoms with Crippen LogP contribution in [0.1, 0.15) is 43.0 Å². The van der Waals surface area contributed by atoms with Crippen molar-refractivity contribution in [3.8, 4) is 5.69 Å². The van der Waals surface area contributed by atoms with Gasteiger partial charge in [-0.3, -0.25) is 4.79 Å². The smallest absolute Gasteiger partial charge is 0.254 e. The fourth-order valence-electron chi connectivity index (χ4n) is 3.41. The Morgan fingerprint density at radius 3 is 2.80 bits per heavy atom. The van der Waals surface area contributed by atoms with Crippen molar-refractivity contribution in [1.82, 2.24) is 25.0 Å². The number of carbonyl (C=O) groups is 1. The average Bonchev–Trinajstić information content (AvgIpc) is 3.25. The first-order valence-electron chi connectivity index (χ1n) is 9.70. The number of aliphatic imine (C=N–C) groups is 1. The van der Waals surface area contributed by atoms with Crippen LogP contribution < -0.4 is 16.8 Å². The van der Waals surface area contributed by atoms with Crippen LogP contribution in [0, 0.1) is 0 Å². The lowest BCUT2D eigenvalue weighted by Crippen LogP contribution is -2.46. The van der Waals surface area contributed by atoms with E-state index in [2.05, 4.69) is 30.5 Å². The number of primary amides is 1. The van der Waals surface area contributed by atoms with Crippen LogP contribution in [-0.4, -0.2) is 42.1 Å². The summed E-state index contributed by atoms with van der Waals surface area (Å²) in [6, 6.07) is 7.37. The highest BCUT2D eigenvalue weighted by atomic mass is 16.1. The molecule has 154 valence electrons. The molecule has 1 fully saturated rings. The van der Waals surface area contributed by atoms with Gasteiger partial charge < -0.3 is 16.8 Å². The number of nitrogens with one attached hydrogen (secondary N) is 1. The second kappa shape index (κ2) is 7.99. The van der Waals surface area contributed by atoms with E-state index < -0.39 is 11.4 Å². The molecule has 0 aliphatic heterocycles. The molecule has 0 unspecified atom stereocenters. The lowest BCUT2D eigenvalue weighted by molar-refractivity contribution is 0.100. The molecule has 5 N–H and O–H groups in total. The lowest BCUT2D eigenvalue weighted by atomic mass is 9.82. The Hall–Kier alpha value is -3.66. The molecule has 3 aromatic rings. The Balaban J connectivity index is 1.68. The molecule has 1 aliphatic rings. The molecule has 10 heteroatoms. The Bertz CT molecular complexity index is 1090. The van der Waals surface area contributed by atoms with E-state index in [4.69, 9.17) is 11.5 Å². The quantitative estimate of drug-likeness (QED) is 0.589. The van der Waals surface area contributed by atoms with Gasteiger partial charge in [-0.2, -0.15) is 20.0 Å². The van der Waals surface area contributed by atoms with Crippen LogP contribution >= 0.6 is 0 Å². The first kappa shape index (κ1) is 19.6. The van der Waals surface area contributed by atoms with Crippen LogP contribution in [0.3, 0.4) is 0 Å². The van der Waals surface area contributed by atoms with Crippen LogP contribution in [0.2, 0.25) is 0 Å². The number of anilines is 2. The number of nitrogens with zero attached hydrogens (tertiary/aromatic N) is 6. The fraction of sp³-hybridized carbons (Fsp3) is 0.300. The molecule has 0 saturated heterocycles. The maximum absolute atomic E-state index is 11.9. The molecule has 0 radical (unpaired) electrons. The molecule has 1 aliphatic carbocycles. The minimum atomic E-state index is -0.636. The van der Waals surface area contributed by atoms with E-state index in [0.717, 1.165) is 37.1 Å². The number of benzene rings is 1. The Kier molecular flexibility index (Phi) is 5.23. The third kappa shape index (κ3) is 4.18. The molecule has 1 atom stereocenters. The van der Waals surface area contributed by atoms with Crippen LogP contribution in [0.5, 0.6) is 0 Å². The van der Waals surface area contributed by atoms with E-state index in [1.54, 1.807) is 12.4 Å². The van der Waals surface area contributed by atoms with Crippen molar-refractivity contribution in [2.24, 2.45) is 16.5 Å². The van der Waals surface area contributed by atoms with Crippen molar-refractivity contribution in [2.75, 3.05) is 5.32 Å². The summed E-state index contributed by atoms with van der Waals surface area (Å²) < 4.78 is 0. The van der Waals surface area contributed by atoms with Gasteiger partial charge in [-0.25, -0.2) is 9.98 Å². The number of hydrogen-bond acceptors (Lipinski definition) is 8. The van der Waals surface area contributed by atoms with Gasteiger partial charge in [0.1, 0.15) is 11.4 Å². The van der Waals surface area contributed by atoms with Crippen LogP contribution in [-0.2, 0) is 0 Å². The predicted molar refractivity (Wildman–Crippen MR) is 113 cm³/mol. The number of nitrogens with two attached hydrogens (primary N) is 2. The van der Waals surface area contributed by atoms with E-state index in [1.807, 2.05) is 31.2 Å². The number of amides is 1. The second-order valence-corrected chi connectivity index (χ2v) is 7.47. The molecular weight excluding hydrogens is 382 g/mol. The highest BCUT2D eigenvalue weighted by Crippen LogP contribution is 2.27. The third-order valence-electron chi connectivity index (χ3n) is 5.05. The van der Waals surface area contributed by atoms with Crippen molar-refractivity contribution in [1.29, 1.82) is 0 Å². The fourth-order valence-corrected chi connectivity index (χ4v) is 3.41. The molecule has 10 nitrogen and oxygen atoms in total. The number of rotatable bonds is 5. The average molecular weight is 405 g/mol. The SMILES string of the molecule is C[C@]1(N)CCCCC1=Nc1ncc(C(N)=O)c(Nc2cccc(-n3nccn3)c2)n1. The minimum Gasteiger partial charge on any atom is -0.365 e. The predicted octanol–water partition coefficient (Wildman–Crippen LogP) is 2.26. The molecule has 2 aromatic heterocycles. The zero-order chi connectivity index (χ0) is 21.1. The first-order valence-corrected chi connectivity index (χ1v) is 9.70. The number of carbonyl (C=O) groups excluding carboxylic acids is 1. The Labute approximate surface area is 173 Å². The molecule has 2 heterocycles. The van der Waals surface area contributed by atoms with Gasteiger partial charge in [-0.05, 0) is 44.4 Å². The van der Waals surface area contributed by atoms with Gasteiger partial charge in [0.15, 0.2) is 0 Å². The van der Waals surface area contributed by atoms with Crippen molar-refractivity contribution in [2.45, 2.75) is 38.1 Å². The topological polar surface area (TPSA) is 150 Å². The Morgan fingerprint density at radius 1 is 1.27 bits per heavy atom. The van der Waals surface area contributed by atoms with Gasteiger partial charge in [-0.15, -0.1) is 0 Å². The van der Waals surface area contributed by atoms with Crippen molar-refractivity contribution < 1.29 is 4.79 Å². The van der Waals surface area contributed by atoms with Gasteiger partial charge in [0, 0.05) is 17.6 Å². The van der Waals surface area contributed by atoms with Crippen LogP contribution in [0.25, 0.3) is 5.69 Å². The molecule has 1 amide bonds. The molecule has 30 heavy (non-hydrogen) atoms. The maximum atomic E-state index is 11.9. The maximum Gasteiger partial charge on any atom is 0.254 e. The first-order chi connectivity index (χ1) is 14.4. The van der Waals surface area contributed by atoms with E-state index >= 15 is 0 Å². The Morgan fingerprint density at radius 2 is 2.07 bits per heavy atom. The molecule has 4 rings (SSSR count). The minimum absolute atomic E-state index is 0.167. The summed E-state index contributed by atoms with van der Waals surface area (Å²) in [5.74, 6) is -0.124. The summed E-state index contributed by atoms with van der Waals surface area (Å²) in [5.41, 5.74) is 13.9. The molecule has 1 aromatic carbocycles. The third-order valence-corrected chi connectivity index (χ3v) is 5.05. The normalized spacial score (nSPS) is 20.3. The van der Waals surface area contributed by atoms with E-state index in [-0.39, 0.29) is 17.3 Å². The van der Waals surface area contributed by atoms with Crippen molar-refractivity contribution in [3.63, 3.8) is 0 Å². The van der Waals surface area contributed by atoms with E-state index in [9.17, 15) is 4.79 Å². The van der Waals surface area contributed by atoms with Gasteiger partial charge in [-0.1, -0.05) is 12.5 Å². The zero-order valence-electron chi connectivity index (χ0n) is 16.6. The van der Waals surface area contributed by atoms with Gasteiger partial charge >= 0.3 is 0 Å². The van der Waals surface area contributed by atoms with Gasteiger partial charge in [0.05, 0.1) is 23.6 Å². The molecule has 0 bridgehead atoms. The lowest BCUT2D eigenvalue weighted by Gasteiger charge is -2.30. The highest BCUT2D eigenvalue weighted by molar-refractivity contribution is 5.98. The summed E-state index contributed by atoms with van der Waals surface area (Å²) >= 11 is 0. The summed E-state index contributed by atoms with van der Waals surface area (Å²) in [6.07, 6.45) is 8.34. The molecule has 1 saturated carbocycles. The van der Waals surface area contributed by atoms with Gasteiger partial charge in [0.25, 0.3) is 11.9 Å². The summed E-state index contributed by atoms with van der Waals surface area (Å²) in [4.78, 5) is 26.6. The van der Waals surface area contributed by atoms with Crippen LogP contribution in [0.4, 0.5) is 17.5 Å². The largest absolute Gasteiger partial charge is 0.365 e. The molecular formula is C20H23N9O.